The summed E-state index contributed by atoms with van der Waals surface area (Å²) in [6.07, 6.45) is 11.8. The number of esters is 1. The van der Waals surface area contributed by atoms with Crippen LogP contribution in [0.15, 0.2) is 122 Å². The van der Waals surface area contributed by atoms with E-state index in [1.165, 1.54) is 32.8 Å². The van der Waals surface area contributed by atoms with E-state index in [1.807, 2.05) is 60.8 Å². The van der Waals surface area contributed by atoms with Crippen molar-refractivity contribution in [2.45, 2.75) is 51.6 Å². The molecule has 2 unspecified atom stereocenters. The maximum Gasteiger partial charge on any atom is 0.337 e. The molecule has 16 heteroatoms. The molecule has 2 aliphatic rings. The fraction of sp³-hybridized carbons (Fsp3) is 0.234. The first-order valence-corrected chi connectivity index (χ1v) is 20.9. The highest BCUT2D eigenvalue weighted by atomic mass is 16.5. The van der Waals surface area contributed by atoms with Crippen LogP contribution in [0.5, 0.6) is 0 Å². The maximum atomic E-state index is 11.7. The smallest absolute Gasteiger partial charge is 0.337 e. The molecule has 0 saturated carbocycles. The van der Waals surface area contributed by atoms with Gasteiger partial charge in [0, 0.05) is 61.1 Å². The normalized spacial score (nSPS) is 15.9. The van der Waals surface area contributed by atoms with Gasteiger partial charge < -0.3 is 30.3 Å². The van der Waals surface area contributed by atoms with E-state index < -0.39 is 5.97 Å². The van der Waals surface area contributed by atoms with Crippen LogP contribution in [0.25, 0.3) is 33.8 Å². The summed E-state index contributed by atoms with van der Waals surface area (Å²) in [5.74, 6) is 2.12. The number of nitrogens with one attached hydrogen (secondary N) is 2. The minimum absolute atomic E-state index is 0.239. The van der Waals surface area contributed by atoms with E-state index >= 15 is 0 Å². The number of ether oxygens (including phenoxy) is 1. The number of rotatable bonds is 10. The molecule has 6 aromatic heterocycles. The van der Waals surface area contributed by atoms with Gasteiger partial charge in [0.1, 0.15) is 23.3 Å². The van der Waals surface area contributed by atoms with Crippen LogP contribution in [0.2, 0.25) is 0 Å². The first kappa shape index (κ1) is 40.5. The summed E-state index contributed by atoms with van der Waals surface area (Å²) in [6.45, 7) is 6.52. The highest BCUT2D eigenvalue weighted by Gasteiger charge is 2.23. The number of benzene rings is 2. The molecule has 3 N–H and O–H groups in total. The van der Waals surface area contributed by atoms with Gasteiger partial charge in [-0.25, -0.2) is 38.6 Å². The summed E-state index contributed by atoms with van der Waals surface area (Å²) in [7, 11) is 1.37. The van der Waals surface area contributed by atoms with Gasteiger partial charge in [0.25, 0.3) is 0 Å². The van der Waals surface area contributed by atoms with Crippen molar-refractivity contribution in [3.63, 3.8) is 0 Å². The number of hydrogen-bond acceptors (Lipinski definition) is 13. The van der Waals surface area contributed by atoms with Crippen molar-refractivity contribution in [2.75, 3.05) is 40.6 Å². The molecule has 0 radical (unpaired) electrons. The topological polar surface area (TPSA) is 180 Å². The summed E-state index contributed by atoms with van der Waals surface area (Å²) in [5.41, 5.74) is 6.86. The Balaban J connectivity index is 0.000000160. The zero-order valence-corrected chi connectivity index (χ0v) is 35.1. The molecule has 2 saturated heterocycles. The molecule has 63 heavy (non-hydrogen) atoms. The van der Waals surface area contributed by atoms with Crippen molar-refractivity contribution in [1.82, 2.24) is 39.2 Å². The Bertz CT molecular complexity index is 2910. The molecular weight excluding hydrogens is 797 g/mol. The van der Waals surface area contributed by atoms with Gasteiger partial charge in [-0.05, 0) is 100 Å². The van der Waals surface area contributed by atoms with Crippen molar-refractivity contribution in [1.29, 1.82) is 0 Å². The summed E-state index contributed by atoms with van der Waals surface area (Å²) < 4.78 is 8.22. The van der Waals surface area contributed by atoms with E-state index in [0.29, 0.717) is 34.6 Å². The van der Waals surface area contributed by atoms with E-state index in [4.69, 9.17) is 19.8 Å². The lowest BCUT2D eigenvalue weighted by Crippen LogP contribution is -2.27. The summed E-state index contributed by atoms with van der Waals surface area (Å²) in [5, 5.41) is 25.2. The van der Waals surface area contributed by atoms with Crippen molar-refractivity contribution >= 4 is 57.9 Å². The molecule has 0 spiro atoms. The van der Waals surface area contributed by atoms with Gasteiger partial charge in [0.15, 0.2) is 11.3 Å². The highest BCUT2D eigenvalue weighted by molar-refractivity contribution is 5.90. The number of hydrogen-bond donors (Lipinski definition) is 3. The zero-order chi connectivity index (χ0) is 43.5. The minimum Gasteiger partial charge on any atom is -0.478 e. The van der Waals surface area contributed by atoms with Crippen LogP contribution < -0.4 is 20.4 Å². The quantitative estimate of drug-likeness (QED) is 0.112. The minimum atomic E-state index is -0.954. The predicted molar refractivity (Wildman–Crippen MR) is 242 cm³/mol. The SMILES string of the molecule is CC1CCCN1c1cccc(Nc2cc(-c3ccc(C(=O)O)cc3)nn3ccnc23)n1.COC(=O)c1ccc(-c2cc(Nc3cccc(N4CCCC4C)n3)c3nccn3n2)cc1. The second kappa shape index (κ2) is 17.6. The number of carboxylic acids is 1. The number of pyridine rings is 2. The summed E-state index contributed by atoms with van der Waals surface area (Å²) >= 11 is 0. The Labute approximate surface area is 363 Å². The van der Waals surface area contributed by atoms with E-state index in [2.05, 4.69) is 60.5 Å². The van der Waals surface area contributed by atoms with Crippen molar-refractivity contribution in [2.24, 2.45) is 0 Å². The molecular formula is C47H46N12O4. The zero-order valence-electron chi connectivity index (χ0n) is 35.1. The third-order valence-electron chi connectivity index (χ3n) is 11.4. The van der Waals surface area contributed by atoms with E-state index in [9.17, 15) is 9.59 Å². The van der Waals surface area contributed by atoms with E-state index in [-0.39, 0.29) is 11.5 Å². The van der Waals surface area contributed by atoms with Gasteiger partial charge in [-0.1, -0.05) is 36.4 Å². The van der Waals surface area contributed by atoms with Gasteiger partial charge >= 0.3 is 11.9 Å². The number of imidazole rings is 2. The first-order chi connectivity index (χ1) is 30.7. The van der Waals surface area contributed by atoms with E-state index in [1.54, 1.807) is 64.0 Å². The van der Waals surface area contributed by atoms with Gasteiger partial charge in [-0.3, -0.25) is 0 Å². The monoisotopic (exact) mass is 842 g/mol. The van der Waals surface area contributed by atoms with Crippen LogP contribution in [0.1, 0.15) is 60.2 Å². The average Bonchev–Trinajstić information content (AvgIpc) is 4.15. The number of aromatic carboxylic acids is 1. The van der Waals surface area contributed by atoms with Gasteiger partial charge in [-0.2, -0.15) is 10.2 Å². The summed E-state index contributed by atoms with van der Waals surface area (Å²) in [4.78, 5) is 46.1. The Morgan fingerprint density at radius 3 is 1.52 bits per heavy atom. The van der Waals surface area contributed by atoms with Crippen LogP contribution in [0, 0.1) is 0 Å². The second-order valence-electron chi connectivity index (χ2n) is 15.6. The van der Waals surface area contributed by atoms with Crippen LogP contribution in [-0.2, 0) is 4.74 Å². The number of anilines is 6. The number of nitrogens with zero attached hydrogens (tertiary/aromatic N) is 10. The van der Waals surface area contributed by atoms with Crippen LogP contribution in [0.4, 0.5) is 34.6 Å². The molecule has 318 valence electrons. The van der Waals surface area contributed by atoms with Crippen LogP contribution in [-0.4, -0.2) is 88.5 Å². The predicted octanol–water partition coefficient (Wildman–Crippen LogP) is 8.53. The third kappa shape index (κ3) is 8.68. The van der Waals surface area contributed by atoms with Gasteiger partial charge in [0.05, 0.1) is 41.0 Å². The standard InChI is InChI=1S/C24H24N6O2.C23H22N6O2/c1-16-5-4-13-29(16)22-7-3-6-21(27-22)26-20-15-19(28-30-14-12-25-23(20)30)17-8-10-18(11-9-17)24(31)32-2;1-15-4-3-12-28(15)21-6-2-5-20(26-21)25-19-14-18(27-29-13-11-24-22(19)29)16-7-9-17(10-8-16)23(30)31/h3,6-12,14-16H,4-5,13H2,1-2H3,(H,26,27);2,5-11,13-15H,3-4,12H2,1H3,(H,25,26)(H,30,31). The van der Waals surface area contributed by atoms with Crippen LogP contribution >= 0.6 is 0 Å². The molecule has 10 rings (SSSR count). The Hall–Kier alpha value is -7.88. The molecule has 2 fully saturated rings. The number of carbonyl (C=O) groups excluding carboxylic acids is 1. The molecule has 0 bridgehead atoms. The number of carbonyl (C=O) groups is 2. The molecule has 16 nitrogen and oxygen atoms in total. The number of aromatic nitrogens is 8. The molecule has 0 aliphatic carbocycles. The van der Waals surface area contributed by atoms with Crippen molar-refractivity contribution in [3.8, 4) is 22.5 Å². The maximum absolute atomic E-state index is 11.7. The van der Waals surface area contributed by atoms with Gasteiger partial charge in [0.2, 0.25) is 0 Å². The second-order valence-corrected chi connectivity index (χ2v) is 15.6. The van der Waals surface area contributed by atoms with Crippen molar-refractivity contribution in [3.05, 3.63) is 133 Å². The fourth-order valence-corrected chi connectivity index (χ4v) is 8.11. The largest absolute Gasteiger partial charge is 0.478 e. The van der Waals surface area contributed by atoms with Crippen LogP contribution in [0.3, 0.4) is 0 Å². The Kier molecular flexibility index (Phi) is 11.3. The summed E-state index contributed by atoms with van der Waals surface area (Å²) in [6, 6.07) is 30.7. The molecule has 8 heterocycles. The number of methoxy groups -OCH3 is 1. The highest BCUT2D eigenvalue weighted by Crippen LogP contribution is 2.31. The molecule has 2 aromatic carbocycles. The van der Waals surface area contributed by atoms with E-state index in [0.717, 1.165) is 64.6 Å². The first-order valence-electron chi connectivity index (χ1n) is 20.9. The third-order valence-corrected chi connectivity index (χ3v) is 11.4. The fourth-order valence-electron chi connectivity index (χ4n) is 8.11. The number of carboxylic acid groups (broad SMARTS) is 1. The Morgan fingerprint density at radius 1 is 0.651 bits per heavy atom. The number of fused-ring (bicyclic) bond motifs is 2. The molecule has 8 aromatic rings. The molecule has 0 amide bonds. The average molecular weight is 843 g/mol. The lowest BCUT2D eigenvalue weighted by molar-refractivity contribution is 0.0599. The van der Waals surface area contributed by atoms with Gasteiger partial charge in [-0.15, -0.1) is 0 Å². The lowest BCUT2D eigenvalue weighted by atomic mass is 10.1. The molecule has 2 aliphatic heterocycles. The lowest BCUT2D eigenvalue weighted by Gasteiger charge is -2.23. The molecule has 2 atom stereocenters. The van der Waals surface area contributed by atoms with Crippen molar-refractivity contribution < 1.29 is 19.4 Å². The Morgan fingerprint density at radius 2 is 1.11 bits per heavy atom.